The molecule has 0 atom stereocenters. The van der Waals surface area contributed by atoms with E-state index in [1.807, 2.05) is 41.8 Å². The van der Waals surface area contributed by atoms with E-state index in [4.69, 9.17) is 11.6 Å². The summed E-state index contributed by atoms with van der Waals surface area (Å²) in [5.74, 6) is 0.101. The largest absolute Gasteiger partial charge is 0.272 e. The Hall–Kier alpha value is -2.15. The number of halogens is 1. The van der Waals surface area contributed by atoms with Gasteiger partial charge in [0, 0.05) is 16.0 Å². The average Bonchev–Trinajstić information content (AvgIpc) is 3.16. The number of benzene rings is 2. The fourth-order valence-corrected chi connectivity index (χ4v) is 4.01. The number of thiazole rings is 1. The van der Waals surface area contributed by atoms with Crippen molar-refractivity contribution < 1.29 is 4.79 Å². The Morgan fingerprint density at radius 2 is 1.96 bits per heavy atom. The summed E-state index contributed by atoms with van der Waals surface area (Å²) in [5.41, 5.74) is 6.66. The van der Waals surface area contributed by atoms with E-state index >= 15 is 0 Å². The van der Waals surface area contributed by atoms with E-state index in [1.54, 1.807) is 6.21 Å². The maximum atomic E-state index is 11.9. The molecule has 3 aromatic rings. The number of aromatic nitrogens is 1. The van der Waals surface area contributed by atoms with Crippen LogP contribution in [0.15, 0.2) is 63.4 Å². The number of hydrogen-bond acceptors (Lipinski definition) is 5. The normalized spacial score (nSPS) is 11.0. The predicted molar refractivity (Wildman–Crippen MR) is 115 cm³/mol. The van der Waals surface area contributed by atoms with Gasteiger partial charge in [-0.3, -0.25) is 4.79 Å². The molecule has 1 aromatic heterocycles. The van der Waals surface area contributed by atoms with Gasteiger partial charge in [-0.2, -0.15) is 5.10 Å². The van der Waals surface area contributed by atoms with Gasteiger partial charge in [0.05, 0.1) is 17.7 Å². The number of nitrogens with zero attached hydrogens (tertiary/aromatic N) is 2. The summed E-state index contributed by atoms with van der Waals surface area (Å²) in [6.45, 7) is 2.11. The quantitative estimate of drug-likeness (QED) is 0.325. The number of amides is 1. The van der Waals surface area contributed by atoms with Gasteiger partial charge in [0.2, 0.25) is 0 Å². The standard InChI is InChI=1S/C20H18ClN3OS2/c1-2-14-3-5-15(6-4-14)11-22-24-19(25)13-27-20-23-18(12-26-20)16-7-9-17(21)10-8-16/h3-12H,2,13H2,1H3,(H,24,25). The van der Waals surface area contributed by atoms with Gasteiger partial charge in [0.1, 0.15) is 0 Å². The number of carbonyl (C=O) groups excluding carboxylic acids is 1. The van der Waals surface area contributed by atoms with E-state index in [2.05, 4.69) is 34.6 Å². The van der Waals surface area contributed by atoms with Crippen LogP contribution < -0.4 is 5.43 Å². The smallest absolute Gasteiger partial charge is 0.250 e. The lowest BCUT2D eigenvalue weighted by atomic mass is 10.1. The first kappa shape index (κ1) is 19.6. The van der Waals surface area contributed by atoms with Gasteiger partial charge in [-0.15, -0.1) is 11.3 Å². The highest BCUT2D eigenvalue weighted by Gasteiger charge is 2.07. The Morgan fingerprint density at radius 3 is 2.67 bits per heavy atom. The summed E-state index contributed by atoms with van der Waals surface area (Å²) in [6.07, 6.45) is 2.64. The van der Waals surface area contributed by atoms with Crippen molar-refractivity contribution >= 4 is 46.8 Å². The first-order valence-electron chi connectivity index (χ1n) is 8.39. The van der Waals surface area contributed by atoms with Crippen molar-refractivity contribution in [1.29, 1.82) is 0 Å². The molecule has 0 saturated heterocycles. The third kappa shape index (κ3) is 5.92. The fraction of sp³-hybridized carbons (Fsp3) is 0.150. The highest BCUT2D eigenvalue weighted by atomic mass is 35.5. The van der Waals surface area contributed by atoms with Crippen LogP contribution in [0.2, 0.25) is 5.02 Å². The molecule has 2 aromatic carbocycles. The average molecular weight is 416 g/mol. The first-order chi connectivity index (χ1) is 13.1. The molecule has 1 N–H and O–H groups in total. The Bertz CT molecular complexity index is 921. The number of hydrazone groups is 1. The van der Waals surface area contributed by atoms with Crippen LogP contribution in [0.4, 0.5) is 0 Å². The van der Waals surface area contributed by atoms with Gasteiger partial charge in [-0.1, -0.05) is 66.7 Å². The molecular weight excluding hydrogens is 398 g/mol. The molecule has 0 fully saturated rings. The van der Waals surface area contributed by atoms with Crippen LogP contribution >= 0.6 is 34.7 Å². The van der Waals surface area contributed by atoms with Gasteiger partial charge < -0.3 is 0 Å². The number of rotatable bonds is 7. The first-order valence-corrected chi connectivity index (χ1v) is 10.6. The van der Waals surface area contributed by atoms with Crippen molar-refractivity contribution in [2.45, 2.75) is 17.7 Å². The van der Waals surface area contributed by atoms with Crippen LogP contribution in [0.3, 0.4) is 0 Å². The van der Waals surface area contributed by atoms with Crippen LogP contribution in [0.5, 0.6) is 0 Å². The topological polar surface area (TPSA) is 54.4 Å². The number of thioether (sulfide) groups is 1. The molecule has 0 aliphatic heterocycles. The predicted octanol–water partition coefficient (Wildman–Crippen LogP) is 5.27. The number of hydrogen-bond donors (Lipinski definition) is 1. The molecule has 27 heavy (non-hydrogen) atoms. The molecular formula is C20H18ClN3OS2. The zero-order valence-corrected chi connectivity index (χ0v) is 17.1. The van der Waals surface area contributed by atoms with Gasteiger partial charge in [-0.05, 0) is 29.7 Å². The van der Waals surface area contributed by atoms with E-state index in [-0.39, 0.29) is 11.7 Å². The van der Waals surface area contributed by atoms with E-state index in [0.29, 0.717) is 5.02 Å². The summed E-state index contributed by atoms with van der Waals surface area (Å²) in [6, 6.07) is 15.6. The van der Waals surface area contributed by atoms with Gasteiger partial charge >= 0.3 is 0 Å². The Balaban J connectivity index is 1.47. The molecule has 1 amide bonds. The molecule has 7 heteroatoms. The second-order valence-electron chi connectivity index (χ2n) is 5.68. The summed E-state index contributed by atoms with van der Waals surface area (Å²) in [5, 5.41) is 6.67. The number of aryl methyl sites for hydroxylation is 1. The summed E-state index contributed by atoms with van der Waals surface area (Å²) in [7, 11) is 0. The van der Waals surface area contributed by atoms with Gasteiger partial charge in [0.15, 0.2) is 4.34 Å². The summed E-state index contributed by atoms with van der Waals surface area (Å²) >= 11 is 8.81. The van der Waals surface area contributed by atoms with Crippen LogP contribution in [0.1, 0.15) is 18.1 Å². The van der Waals surface area contributed by atoms with Crippen LogP contribution in [-0.4, -0.2) is 22.9 Å². The SMILES string of the molecule is CCc1ccc(C=NNC(=O)CSc2nc(-c3ccc(Cl)cc3)cs2)cc1. The maximum absolute atomic E-state index is 11.9. The lowest BCUT2D eigenvalue weighted by molar-refractivity contribution is -0.118. The maximum Gasteiger partial charge on any atom is 0.250 e. The van der Waals surface area contributed by atoms with Crippen LogP contribution in [0.25, 0.3) is 11.3 Å². The minimum Gasteiger partial charge on any atom is -0.272 e. The summed E-state index contributed by atoms with van der Waals surface area (Å²) < 4.78 is 0.842. The highest BCUT2D eigenvalue weighted by Crippen LogP contribution is 2.28. The Morgan fingerprint density at radius 1 is 1.22 bits per heavy atom. The fourth-order valence-electron chi connectivity index (χ4n) is 2.25. The van der Waals surface area contributed by atoms with Crippen molar-refractivity contribution in [3.05, 3.63) is 70.1 Å². The molecule has 1 heterocycles. The Kier molecular flexibility index (Phi) is 7.04. The van der Waals surface area contributed by atoms with Crippen molar-refractivity contribution in [3.8, 4) is 11.3 Å². The van der Waals surface area contributed by atoms with Crippen LogP contribution in [0, 0.1) is 0 Å². The molecule has 0 aliphatic rings. The Labute approximate surface area is 171 Å². The molecule has 0 radical (unpaired) electrons. The van der Waals surface area contributed by atoms with Crippen LogP contribution in [-0.2, 0) is 11.2 Å². The van der Waals surface area contributed by atoms with Crippen molar-refractivity contribution in [2.24, 2.45) is 5.10 Å². The molecule has 0 spiro atoms. The minimum absolute atomic E-state index is 0.162. The van der Waals surface area contributed by atoms with Crippen molar-refractivity contribution in [2.75, 3.05) is 5.75 Å². The third-order valence-corrected chi connectivity index (χ3v) is 6.01. The molecule has 3 rings (SSSR count). The second-order valence-corrected chi connectivity index (χ2v) is 8.20. The molecule has 0 bridgehead atoms. The molecule has 138 valence electrons. The molecule has 0 saturated carbocycles. The molecule has 0 aliphatic carbocycles. The minimum atomic E-state index is -0.162. The van der Waals surface area contributed by atoms with E-state index < -0.39 is 0 Å². The van der Waals surface area contributed by atoms with E-state index in [9.17, 15) is 4.79 Å². The lowest BCUT2D eigenvalue weighted by Crippen LogP contribution is -2.19. The lowest BCUT2D eigenvalue weighted by Gasteiger charge is -1.99. The van der Waals surface area contributed by atoms with Crippen molar-refractivity contribution in [1.82, 2.24) is 10.4 Å². The third-order valence-electron chi connectivity index (χ3n) is 3.74. The number of carbonyl (C=O) groups is 1. The summed E-state index contributed by atoms with van der Waals surface area (Å²) in [4.78, 5) is 16.5. The zero-order valence-electron chi connectivity index (χ0n) is 14.7. The van der Waals surface area contributed by atoms with E-state index in [0.717, 1.165) is 27.6 Å². The van der Waals surface area contributed by atoms with Gasteiger partial charge in [-0.25, -0.2) is 10.4 Å². The van der Waals surface area contributed by atoms with Gasteiger partial charge in [0.25, 0.3) is 5.91 Å². The molecule has 0 unspecified atom stereocenters. The van der Waals surface area contributed by atoms with Crippen molar-refractivity contribution in [3.63, 3.8) is 0 Å². The number of nitrogens with one attached hydrogen (secondary N) is 1. The molecule has 4 nitrogen and oxygen atoms in total. The second kappa shape index (κ2) is 9.69. The highest BCUT2D eigenvalue weighted by molar-refractivity contribution is 8.01. The van der Waals surface area contributed by atoms with E-state index in [1.165, 1.54) is 28.7 Å². The monoisotopic (exact) mass is 415 g/mol. The zero-order chi connectivity index (χ0) is 19.1.